The average molecular weight is 360 g/mol. The van der Waals surface area contributed by atoms with E-state index < -0.39 is 5.82 Å². The number of fused-ring (bicyclic) bond motifs is 3. The van der Waals surface area contributed by atoms with E-state index in [1.807, 2.05) is 6.07 Å². The summed E-state index contributed by atoms with van der Waals surface area (Å²) in [5.74, 6) is -0.766. The Hall–Kier alpha value is -2.10. The van der Waals surface area contributed by atoms with Crippen LogP contribution in [0.15, 0.2) is 28.7 Å². The van der Waals surface area contributed by atoms with Gasteiger partial charge < -0.3 is 9.15 Å². The van der Waals surface area contributed by atoms with Crippen molar-refractivity contribution >= 4 is 21.9 Å². The van der Waals surface area contributed by atoms with E-state index in [-0.39, 0.29) is 22.7 Å². The zero-order valence-electron chi connectivity index (χ0n) is 15.5. The summed E-state index contributed by atoms with van der Waals surface area (Å²) >= 11 is 0. The van der Waals surface area contributed by atoms with E-state index in [1.54, 1.807) is 18.2 Å². The summed E-state index contributed by atoms with van der Waals surface area (Å²) in [5, 5.41) is 1.19. The predicted molar refractivity (Wildman–Crippen MR) is 102 cm³/mol. The zero-order valence-corrected chi connectivity index (χ0v) is 15.5. The normalized spacial score (nSPS) is 11.5. The van der Waals surface area contributed by atoms with Crippen LogP contribution in [0.3, 0.4) is 0 Å². The van der Waals surface area contributed by atoms with Crippen molar-refractivity contribution in [2.45, 2.75) is 58.8 Å². The molecule has 0 amide bonds. The summed E-state index contributed by atoms with van der Waals surface area (Å²) in [4.78, 5) is 0. The third-order valence-corrected chi connectivity index (χ3v) is 4.79. The molecule has 3 rings (SSSR count). The lowest BCUT2D eigenvalue weighted by Gasteiger charge is -2.06. The monoisotopic (exact) mass is 360 g/mol. The van der Waals surface area contributed by atoms with Gasteiger partial charge in [-0.1, -0.05) is 45.6 Å². The standard InChI is InChI=1S/C22H26F2O2/c1-3-5-7-9-15-10-11-16-17-12-13-18(25-14-8-6-4-2)20(24)22(17)26-21(16)19(15)23/h10-13H,3-9,14H2,1-2H3. The Bertz CT molecular complexity index is 883. The fourth-order valence-corrected chi connectivity index (χ4v) is 3.26. The fourth-order valence-electron chi connectivity index (χ4n) is 3.26. The summed E-state index contributed by atoms with van der Waals surface area (Å²) in [5.41, 5.74) is 0.829. The van der Waals surface area contributed by atoms with Crippen molar-refractivity contribution in [3.05, 3.63) is 41.5 Å². The third kappa shape index (κ3) is 3.69. The molecule has 0 fully saturated rings. The van der Waals surface area contributed by atoms with Gasteiger partial charge in [0.25, 0.3) is 0 Å². The van der Waals surface area contributed by atoms with Gasteiger partial charge in [-0.15, -0.1) is 0 Å². The summed E-state index contributed by atoms with van der Waals surface area (Å²) in [6, 6.07) is 6.96. The van der Waals surface area contributed by atoms with E-state index in [9.17, 15) is 8.78 Å². The molecule has 26 heavy (non-hydrogen) atoms. The van der Waals surface area contributed by atoms with Gasteiger partial charge in [-0.05, 0) is 43.0 Å². The highest BCUT2D eigenvalue weighted by molar-refractivity contribution is 6.05. The van der Waals surface area contributed by atoms with Crippen molar-refractivity contribution in [3.8, 4) is 5.75 Å². The van der Waals surface area contributed by atoms with Gasteiger partial charge in [-0.3, -0.25) is 0 Å². The second-order valence-corrected chi connectivity index (χ2v) is 6.78. The number of halogens is 2. The van der Waals surface area contributed by atoms with Crippen LogP contribution in [-0.2, 0) is 6.42 Å². The second kappa shape index (κ2) is 8.52. The molecule has 0 saturated heterocycles. The Balaban J connectivity index is 1.93. The number of aryl methyl sites for hydroxylation is 1. The van der Waals surface area contributed by atoms with Gasteiger partial charge in [-0.25, -0.2) is 4.39 Å². The highest BCUT2D eigenvalue weighted by atomic mass is 19.1. The molecular weight excluding hydrogens is 334 g/mol. The number of furan rings is 1. The van der Waals surface area contributed by atoms with Crippen molar-refractivity contribution in [2.75, 3.05) is 6.61 Å². The first-order valence-corrected chi connectivity index (χ1v) is 9.62. The predicted octanol–water partition coefficient (Wildman–Crippen LogP) is 7.17. The van der Waals surface area contributed by atoms with E-state index in [1.165, 1.54) is 0 Å². The molecule has 140 valence electrons. The fraction of sp³-hybridized carbons (Fsp3) is 0.455. The lowest BCUT2D eigenvalue weighted by Crippen LogP contribution is -1.99. The minimum atomic E-state index is -0.554. The molecule has 3 aromatic rings. The third-order valence-electron chi connectivity index (χ3n) is 4.79. The maximum Gasteiger partial charge on any atom is 0.208 e. The van der Waals surface area contributed by atoms with Crippen LogP contribution in [0.4, 0.5) is 8.78 Å². The van der Waals surface area contributed by atoms with Crippen molar-refractivity contribution in [3.63, 3.8) is 0 Å². The lowest BCUT2D eigenvalue weighted by molar-refractivity contribution is 0.291. The highest BCUT2D eigenvalue weighted by Crippen LogP contribution is 2.36. The molecular formula is C22H26F2O2. The van der Waals surface area contributed by atoms with Gasteiger partial charge in [0.1, 0.15) is 0 Å². The summed E-state index contributed by atoms with van der Waals surface area (Å²) in [7, 11) is 0. The molecule has 1 heterocycles. The highest BCUT2D eigenvalue weighted by Gasteiger charge is 2.19. The number of ether oxygens (including phenoxy) is 1. The van der Waals surface area contributed by atoms with Crippen LogP contribution in [0.5, 0.6) is 5.75 Å². The van der Waals surface area contributed by atoms with E-state index in [0.29, 0.717) is 29.4 Å². The van der Waals surface area contributed by atoms with E-state index >= 15 is 0 Å². The first kappa shape index (κ1) is 18.7. The van der Waals surface area contributed by atoms with Crippen molar-refractivity contribution in [1.82, 2.24) is 0 Å². The number of rotatable bonds is 9. The quantitative estimate of drug-likeness (QED) is 0.378. The van der Waals surface area contributed by atoms with E-state index in [4.69, 9.17) is 9.15 Å². The number of hydrogen-bond donors (Lipinski definition) is 0. The minimum absolute atomic E-state index is 0.0672. The van der Waals surface area contributed by atoms with Crippen LogP contribution in [0.2, 0.25) is 0 Å². The van der Waals surface area contributed by atoms with Gasteiger partial charge in [0, 0.05) is 10.8 Å². The molecule has 0 bridgehead atoms. The Morgan fingerprint density at radius 1 is 0.808 bits per heavy atom. The van der Waals surface area contributed by atoms with Crippen LogP contribution in [-0.4, -0.2) is 6.61 Å². The van der Waals surface area contributed by atoms with Crippen molar-refractivity contribution in [1.29, 1.82) is 0 Å². The molecule has 0 aliphatic heterocycles. The largest absolute Gasteiger partial charge is 0.490 e. The first-order chi connectivity index (χ1) is 12.7. The Morgan fingerprint density at radius 3 is 2.19 bits per heavy atom. The topological polar surface area (TPSA) is 22.4 Å². The molecule has 4 heteroatoms. The molecule has 0 aliphatic rings. The Morgan fingerprint density at radius 2 is 1.46 bits per heavy atom. The van der Waals surface area contributed by atoms with Gasteiger partial charge >= 0.3 is 0 Å². The molecule has 2 aromatic carbocycles. The average Bonchev–Trinajstić information content (AvgIpc) is 3.03. The molecule has 0 spiro atoms. The molecule has 0 atom stereocenters. The van der Waals surface area contributed by atoms with Crippen LogP contribution < -0.4 is 4.74 Å². The van der Waals surface area contributed by atoms with E-state index in [2.05, 4.69) is 13.8 Å². The molecule has 0 unspecified atom stereocenters. The first-order valence-electron chi connectivity index (χ1n) is 9.62. The van der Waals surface area contributed by atoms with E-state index in [0.717, 1.165) is 38.5 Å². The SMILES string of the molecule is CCCCCOc1ccc2c(oc3c(F)c(CCCCC)ccc32)c1F. The second-order valence-electron chi connectivity index (χ2n) is 6.78. The Kier molecular flexibility index (Phi) is 6.12. The van der Waals surface area contributed by atoms with Crippen LogP contribution in [0, 0.1) is 11.6 Å². The lowest BCUT2D eigenvalue weighted by atomic mass is 10.0. The summed E-state index contributed by atoms with van der Waals surface area (Å²) in [6.45, 7) is 4.68. The van der Waals surface area contributed by atoms with Gasteiger partial charge in [0.05, 0.1) is 6.61 Å². The molecule has 0 saturated carbocycles. The summed E-state index contributed by atoms with van der Waals surface area (Å²) in [6.07, 6.45) is 6.74. The number of benzene rings is 2. The van der Waals surface area contributed by atoms with Crippen molar-refractivity contribution in [2.24, 2.45) is 0 Å². The van der Waals surface area contributed by atoms with Crippen LogP contribution >= 0.6 is 0 Å². The molecule has 2 nitrogen and oxygen atoms in total. The molecule has 0 radical (unpaired) electrons. The van der Waals surface area contributed by atoms with Gasteiger partial charge in [0.15, 0.2) is 22.7 Å². The van der Waals surface area contributed by atoms with Gasteiger partial charge in [-0.2, -0.15) is 4.39 Å². The summed E-state index contributed by atoms with van der Waals surface area (Å²) < 4.78 is 40.7. The van der Waals surface area contributed by atoms with Crippen LogP contribution in [0.1, 0.15) is 57.9 Å². The van der Waals surface area contributed by atoms with Crippen LogP contribution in [0.25, 0.3) is 21.9 Å². The maximum absolute atomic E-state index is 14.8. The zero-order chi connectivity index (χ0) is 18.5. The number of hydrogen-bond acceptors (Lipinski definition) is 2. The maximum atomic E-state index is 14.8. The number of unbranched alkanes of at least 4 members (excludes halogenated alkanes) is 4. The van der Waals surface area contributed by atoms with Crippen molar-refractivity contribution < 1.29 is 17.9 Å². The smallest absolute Gasteiger partial charge is 0.208 e. The van der Waals surface area contributed by atoms with Gasteiger partial charge in [0.2, 0.25) is 5.82 Å². The molecule has 1 aromatic heterocycles. The molecule has 0 N–H and O–H groups in total. The Labute approximate surface area is 153 Å². The molecule has 0 aliphatic carbocycles. The minimum Gasteiger partial charge on any atom is -0.490 e.